The molecule has 0 aliphatic carbocycles. The van der Waals surface area contributed by atoms with Crippen LogP contribution in [0.5, 0.6) is 5.75 Å². The summed E-state index contributed by atoms with van der Waals surface area (Å²) in [6, 6.07) is 17.4. The first-order valence-electron chi connectivity index (χ1n) is 7.84. The number of para-hydroxylation sites is 1. The fourth-order valence-corrected chi connectivity index (χ4v) is 2.48. The third-order valence-electron chi connectivity index (χ3n) is 3.71. The number of amides is 1. The minimum Gasteiger partial charge on any atom is -0.496 e. The van der Waals surface area contributed by atoms with Crippen molar-refractivity contribution in [2.24, 2.45) is 5.73 Å². The highest BCUT2D eigenvalue weighted by Gasteiger charge is 2.20. The molecule has 0 spiro atoms. The Morgan fingerprint density at radius 3 is 2.38 bits per heavy atom. The number of halogens is 1. The molecule has 2 unspecified atom stereocenters. The molecule has 0 bridgehead atoms. The number of nitrogens with one attached hydrogen (secondary N) is 1. The van der Waals surface area contributed by atoms with Gasteiger partial charge in [-0.25, -0.2) is 0 Å². The molecule has 2 aromatic rings. The number of nitrogens with two attached hydrogens (primary N) is 1. The summed E-state index contributed by atoms with van der Waals surface area (Å²) >= 11 is 0. The molecule has 0 aliphatic rings. The number of carbonyl (C=O) groups excluding carboxylic acids is 1. The standard InChI is InChI=1S/C19H24N2O2.ClH/c1-14(20)12-13-18(22)21-19(15-8-4-3-5-9-15)16-10-6-7-11-17(16)23-2;/h3-11,14,19H,12-13,20H2,1-2H3,(H,21,22);1H. The van der Waals surface area contributed by atoms with Gasteiger partial charge in [0.05, 0.1) is 13.2 Å². The Labute approximate surface area is 149 Å². The first-order valence-corrected chi connectivity index (χ1v) is 7.84. The summed E-state index contributed by atoms with van der Waals surface area (Å²) in [5.74, 6) is 0.746. The first-order chi connectivity index (χ1) is 11.1. The monoisotopic (exact) mass is 348 g/mol. The van der Waals surface area contributed by atoms with Crippen molar-refractivity contribution in [1.29, 1.82) is 0 Å². The van der Waals surface area contributed by atoms with E-state index in [1.54, 1.807) is 7.11 Å². The average Bonchev–Trinajstić information content (AvgIpc) is 2.58. The van der Waals surface area contributed by atoms with Gasteiger partial charge in [0.1, 0.15) is 5.75 Å². The van der Waals surface area contributed by atoms with Crippen LogP contribution in [-0.4, -0.2) is 19.1 Å². The number of ether oxygens (including phenoxy) is 1. The fourth-order valence-electron chi connectivity index (χ4n) is 2.48. The Hall–Kier alpha value is -2.04. The van der Waals surface area contributed by atoms with Gasteiger partial charge in [-0.1, -0.05) is 48.5 Å². The van der Waals surface area contributed by atoms with Crippen molar-refractivity contribution in [1.82, 2.24) is 5.32 Å². The number of rotatable bonds is 7. The summed E-state index contributed by atoms with van der Waals surface area (Å²) in [4.78, 5) is 12.3. The Bertz CT molecular complexity index is 632. The lowest BCUT2D eigenvalue weighted by Gasteiger charge is -2.22. The minimum atomic E-state index is -0.243. The van der Waals surface area contributed by atoms with Gasteiger partial charge < -0.3 is 15.8 Å². The van der Waals surface area contributed by atoms with Crippen molar-refractivity contribution in [2.75, 3.05) is 7.11 Å². The third-order valence-corrected chi connectivity index (χ3v) is 3.71. The maximum Gasteiger partial charge on any atom is 0.220 e. The summed E-state index contributed by atoms with van der Waals surface area (Å²) in [5, 5.41) is 3.11. The predicted molar refractivity (Wildman–Crippen MR) is 99.6 cm³/mol. The van der Waals surface area contributed by atoms with Gasteiger partial charge in [0.2, 0.25) is 5.91 Å². The van der Waals surface area contributed by atoms with E-state index in [0.717, 1.165) is 16.9 Å². The van der Waals surface area contributed by atoms with Crippen molar-refractivity contribution >= 4 is 18.3 Å². The Morgan fingerprint density at radius 1 is 1.12 bits per heavy atom. The Balaban J connectivity index is 0.00000288. The summed E-state index contributed by atoms with van der Waals surface area (Å²) < 4.78 is 5.46. The third kappa shape index (κ3) is 5.55. The molecule has 0 saturated heterocycles. The van der Waals surface area contributed by atoms with Crippen LogP contribution in [0.2, 0.25) is 0 Å². The van der Waals surface area contributed by atoms with E-state index in [-0.39, 0.29) is 30.4 Å². The van der Waals surface area contributed by atoms with Crippen LogP contribution in [0.25, 0.3) is 0 Å². The number of hydrogen-bond acceptors (Lipinski definition) is 3. The van der Waals surface area contributed by atoms with Crippen LogP contribution in [0.1, 0.15) is 36.9 Å². The number of benzene rings is 2. The van der Waals surface area contributed by atoms with E-state index in [9.17, 15) is 4.79 Å². The van der Waals surface area contributed by atoms with Crippen LogP contribution in [0.15, 0.2) is 54.6 Å². The molecule has 2 aromatic carbocycles. The molecule has 0 radical (unpaired) electrons. The lowest BCUT2D eigenvalue weighted by molar-refractivity contribution is -0.121. The summed E-state index contributed by atoms with van der Waals surface area (Å²) in [6.45, 7) is 1.90. The largest absolute Gasteiger partial charge is 0.496 e. The molecular weight excluding hydrogens is 324 g/mol. The zero-order valence-electron chi connectivity index (χ0n) is 14.1. The number of methoxy groups -OCH3 is 1. The highest BCUT2D eigenvalue weighted by atomic mass is 35.5. The molecule has 2 atom stereocenters. The van der Waals surface area contributed by atoms with Gasteiger partial charge in [0, 0.05) is 18.0 Å². The van der Waals surface area contributed by atoms with Gasteiger partial charge in [0.15, 0.2) is 0 Å². The van der Waals surface area contributed by atoms with Crippen LogP contribution < -0.4 is 15.8 Å². The van der Waals surface area contributed by atoms with Crippen molar-refractivity contribution in [3.63, 3.8) is 0 Å². The summed E-state index contributed by atoms with van der Waals surface area (Å²) in [5.41, 5.74) is 7.70. The molecule has 1 amide bonds. The van der Waals surface area contributed by atoms with Gasteiger partial charge in [0.25, 0.3) is 0 Å². The van der Waals surface area contributed by atoms with Gasteiger partial charge in [-0.3, -0.25) is 4.79 Å². The molecule has 0 aromatic heterocycles. The Morgan fingerprint density at radius 2 is 1.75 bits per heavy atom. The second-order valence-electron chi connectivity index (χ2n) is 5.67. The van der Waals surface area contributed by atoms with E-state index in [2.05, 4.69) is 5.32 Å². The van der Waals surface area contributed by atoms with Crippen LogP contribution in [0.3, 0.4) is 0 Å². The lowest BCUT2D eigenvalue weighted by Crippen LogP contribution is -2.30. The SMILES string of the molecule is COc1ccccc1C(NC(=O)CCC(C)N)c1ccccc1.Cl. The average molecular weight is 349 g/mol. The van der Waals surface area contributed by atoms with Gasteiger partial charge in [-0.05, 0) is 25.0 Å². The van der Waals surface area contributed by atoms with Crippen LogP contribution in [0.4, 0.5) is 0 Å². The van der Waals surface area contributed by atoms with Crippen LogP contribution >= 0.6 is 12.4 Å². The molecule has 3 N–H and O–H groups in total. The molecule has 2 rings (SSSR count). The van der Waals surface area contributed by atoms with Gasteiger partial charge in [-0.2, -0.15) is 0 Å². The van der Waals surface area contributed by atoms with Gasteiger partial charge >= 0.3 is 0 Å². The second kappa shape index (κ2) is 9.96. The van der Waals surface area contributed by atoms with Crippen molar-refractivity contribution in [3.8, 4) is 5.75 Å². The summed E-state index contributed by atoms with van der Waals surface area (Å²) in [6.07, 6.45) is 1.08. The summed E-state index contributed by atoms with van der Waals surface area (Å²) in [7, 11) is 1.64. The van der Waals surface area contributed by atoms with Crippen molar-refractivity contribution in [2.45, 2.75) is 31.8 Å². The van der Waals surface area contributed by atoms with E-state index in [1.807, 2.05) is 61.5 Å². The molecule has 5 heteroatoms. The van der Waals surface area contributed by atoms with E-state index in [0.29, 0.717) is 12.8 Å². The molecule has 0 saturated carbocycles. The second-order valence-corrected chi connectivity index (χ2v) is 5.67. The normalized spacial score (nSPS) is 12.6. The topological polar surface area (TPSA) is 64.3 Å². The maximum atomic E-state index is 12.3. The van der Waals surface area contributed by atoms with Gasteiger partial charge in [-0.15, -0.1) is 12.4 Å². The van der Waals surface area contributed by atoms with Crippen molar-refractivity contribution < 1.29 is 9.53 Å². The number of carbonyl (C=O) groups is 1. The van der Waals surface area contributed by atoms with E-state index in [4.69, 9.17) is 10.5 Å². The lowest BCUT2D eigenvalue weighted by atomic mass is 9.97. The van der Waals surface area contributed by atoms with E-state index in [1.165, 1.54) is 0 Å². The van der Waals surface area contributed by atoms with Crippen molar-refractivity contribution in [3.05, 3.63) is 65.7 Å². The molecule has 24 heavy (non-hydrogen) atoms. The van der Waals surface area contributed by atoms with E-state index < -0.39 is 0 Å². The smallest absolute Gasteiger partial charge is 0.220 e. The molecule has 0 fully saturated rings. The molecule has 0 heterocycles. The van der Waals surface area contributed by atoms with Crippen LogP contribution in [-0.2, 0) is 4.79 Å². The van der Waals surface area contributed by atoms with E-state index >= 15 is 0 Å². The predicted octanol–water partition coefficient (Wildman–Crippen LogP) is 3.45. The maximum absolute atomic E-state index is 12.3. The zero-order valence-corrected chi connectivity index (χ0v) is 14.9. The number of hydrogen-bond donors (Lipinski definition) is 2. The quantitative estimate of drug-likeness (QED) is 0.805. The molecule has 0 aliphatic heterocycles. The molecule has 130 valence electrons. The molecule has 4 nitrogen and oxygen atoms in total. The molecular formula is C19H25ClN2O2. The highest BCUT2D eigenvalue weighted by molar-refractivity contribution is 5.85. The van der Waals surface area contributed by atoms with Crippen LogP contribution in [0, 0.1) is 0 Å². The highest BCUT2D eigenvalue weighted by Crippen LogP contribution is 2.29. The minimum absolute atomic E-state index is 0. The first kappa shape index (κ1) is 20.0. The zero-order chi connectivity index (χ0) is 16.7. The Kier molecular flexibility index (Phi) is 8.30. The fraction of sp³-hybridized carbons (Fsp3) is 0.316.